The first kappa shape index (κ1) is 18.3. The monoisotopic (exact) mass is 383 g/mol. The molecule has 144 valence electrons. The molecule has 0 saturated carbocycles. The first-order valence-electron chi connectivity index (χ1n) is 9.06. The van der Waals surface area contributed by atoms with Crippen LogP contribution in [0.25, 0.3) is 0 Å². The second kappa shape index (κ2) is 7.90. The fraction of sp³-hybridized carbons (Fsp3) is 0.238. The largest absolute Gasteiger partial charge is 0.370 e. The zero-order valence-corrected chi connectivity index (χ0v) is 15.1. The van der Waals surface area contributed by atoms with Crippen molar-refractivity contribution >= 4 is 5.91 Å². The Morgan fingerprint density at radius 1 is 1.18 bits per heavy atom. The van der Waals surface area contributed by atoms with Crippen LogP contribution in [0.3, 0.4) is 0 Å². The third kappa shape index (κ3) is 3.80. The van der Waals surface area contributed by atoms with Gasteiger partial charge in [-0.3, -0.25) is 9.48 Å². The molecule has 1 N–H and O–H groups in total. The zero-order valence-electron chi connectivity index (χ0n) is 15.1. The molecule has 5 nitrogen and oxygen atoms in total. The van der Waals surface area contributed by atoms with Crippen molar-refractivity contribution in [3.63, 3.8) is 0 Å². The van der Waals surface area contributed by atoms with Crippen molar-refractivity contribution < 1.29 is 18.3 Å². The summed E-state index contributed by atoms with van der Waals surface area (Å²) in [6.07, 6.45) is 2.31. The predicted octanol–water partition coefficient (Wildman–Crippen LogP) is 3.25. The van der Waals surface area contributed by atoms with Crippen molar-refractivity contribution in [3.8, 4) is 0 Å². The third-order valence-electron chi connectivity index (χ3n) is 4.70. The Bertz CT molecular complexity index is 989. The Labute approximate surface area is 160 Å². The summed E-state index contributed by atoms with van der Waals surface area (Å²) in [5.41, 5.74) is 2.64. The lowest BCUT2D eigenvalue weighted by Gasteiger charge is -2.22. The summed E-state index contributed by atoms with van der Waals surface area (Å²) in [7, 11) is 0. The highest BCUT2D eigenvalue weighted by atomic mass is 19.2. The van der Waals surface area contributed by atoms with Crippen LogP contribution in [-0.4, -0.2) is 28.8 Å². The van der Waals surface area contributed by atoms with E-state index >= 15 is 0 Å². The van der Waals surface area contributed by atoms with E-state index < -0.39 is 23.6 Å². The average Bonchev–Trinajstić information content (AvgIpc) is 3.12. The van der Waals surface area contributed by atoms with Gasteiger partial charge >= 0.3 is 0 Å². The molecule has 0 bridgehead atoms. The van der Waals surface area contributed by atoms with E-state index in [1.54, 1.807) is 0 Å². The van der Waals surface area contributed by atoms with Crippen LogP contribution in [-0.2, 0) is 17.7 Å². The predicted molar refractivity (Wildman–Crippen MR) is 98.9 cm³/mol. The summed E-state index contributed by atoms with van der Waals surface area (Å²) in [5, 5.41) is 7.23. The topological polar surface area (TPSA) is 56.1 Å². The maximum atomic E-state index is 13.8. The minimum Gasteiger partial charge on any atom is -0.370 e. The first-order valence-corrected chi connectivity index (χ1v) is 9.06. The number of aromatic nitrogens is 2. The maximum absolute atomic E-state index is 13.8. The van der Waals surface area contributed by atoms with E-state index in [2.05, 4.69) is 10.4 Å². The zero-order chi connectivity index (χ0) is 19.5. The van der Waals surface area contributed by atoms with Gasteiger partial charge < -0.3 is 10.1 Å². The molecule has 1 atom stereocenters. The van der Waals surface area contributed by atoms with Gasteiger partial charge in [-0.25, -0.2) is 8.78 Å². The Morgan fingerprint density at radius 3 is 2.82 bits per heavy atom. The van der Waals surface area contributed by atoms with E-state index in [-0.39, 0.29) is 12.1 Å². The Hall–Kier alpha value is -3.06. The molecule has 1 aliphatic rings. The summed E-state index contributed by atoms with van der Waals surface area (Å²) in [5.74, 6) is -2.89. The number of halogens is 2. The maximum Gasteiger partial charge on any atom is 0.254 e. The molecule has 2 heterocycles. The number of fused-ring (bicyclic) bond motifs is 1. The van der Waals surface area contributed by atoms with Crippen molar-refractivity contribution in [3.05, 3.63) is 88.7 Å². The molecule has 0 spiro atoms. The van der Waals surface area contributed by atoms with E-state index in [0.29, 0.717) is 13.2 Å². The van der Waals surface area contributed by atoms with Crippen molar-refractivity contribution in [1.29, 1.82) is 0 Å². The molecule has 2 aromatic carbocycles. The molecule has 3 aromatic rings. The fourth-order valence-corrected chi connectivity index (χ4v) is 3.30. The van der Waals surface area contributed by atoms with Crippen LogP contribution in [0, 0.1) is 11.6 Å². The minimum absolute atomic E-state index is 0.129. The van der Waals surface area contributed by atoms with Gasteiger partial charge in [-0.1, -0.05) is 36.4 Å². The fourth-order valence-electron chi connectivity index (χ4n) is 3.30. The molecule has 0 aliphatic carbocycles. The normalized spacial score (nSPS) is 15.9. The molecule has 1 aliphatic heterocycles. The second-order valence-corrected chi connectivity index (χ2v) is 6.64. The number of carbonyl (C=O) groups is 1. The van der Waals surface area contributed by atoms with Crippen molar-refractivity contribution in [1.82, 2.24) is 15.1 Å². The Kier molecular flexibility index (Phi) is 5.16. The van der Waals surface area contributed by atoms with Crippen LogP contribution in [0.5, 0.6) is 0 Å². The van der Waals surface area contributed by atoms with Gasteiger partial charge in [-0.05, 0) is 29.7 Å². The van der Waals surface area contributed by atoms with Crippen LogP contribution < -0.4 is 5.32 Å². The van der Waals surface area contributed by atoms with Gasteiger partial charge in [0.15, 0.2) is 11.6 Å². The van der Waals surface area contributed by atoms with E-state index in [1.165, 1.54) is 12.1 Å². The number of hydrogen-bond donors (Lipinski definition) is 1. The molecule has 7 heteroatoms. The highest BCUT2D eigenvalue weighted by Gasteiger charge is 2.26. The van der Waals surface area contributed by atoms with Gasteiger partial charge in [0.2, 0.25) is 0 Å². The van der Waals surface area contributed by atoms with E-state index in [4.69, 9.17) is 4.74 Å². The molecular formula is C21H19F2N3O2. The van der Waals surface area contributed by atoms with Gasteiger partial charge in [-0.15, -0.1) is 0 Å². The van der Waals surface area contributed by atoms with Crippen LogP contribution in [0.1, 0.15) is 33.3 Å². The lowest BCUT2D eigenvalue weighted by atomic mass is 10.1. The summed E-state index contributed by atoms with van der Waals surface area (Å²) >= 11 is 0. The van der Waals surface area contributed by atoms with Gasteiger partial charge in [-0.2, -0.15) is 5.10 Å². The van der Waals surface area contributed by atoms with Crippen molar-refractivity contribution in [2.24, 2.45) is 0 Å². The van der Waals surface area contributed by atoms with E-state index in [0.717, 1.165) is 29.3 Å². The van der Waals surface area contributed by atoms with E-state index in [1.807, 2.05) is 41.2 Å². The number of carbonyl (C=O) groups excluding carboxylic acids is 1. The SMILES string of the molecule is O=C(NC[C@H]1OCCc2cn(Cc3ccccc3)nc21)c1cccc(F)c1F. The van der Waals surface area contributed by atoms with Crippen LogP contribution in [0.2, 0.25) is 0 Å². The third-order valence-corrected chi connectivity index (χ3v) is 4.70. The summed E-state index contributed by atoms with van der Waals surface area (Å²) in [6.45, 7) is 1.28. The Morgan fingerprint density at radius 2 is 2.00 bits per heavy atom. The summed E-state index contributed by atoms with van der Waals surface area (Å²) in [4.78, 5) is 12.2. The molecule has 1 amide bonds. The average molecular weight is 383 g/mol. The number of rotatable bonds is 5. The molecule has 0 radical (unpaired) electrons. The van der Waals surface area contributed by atoms with Crippen LogP contribution in [0.15, 0.2) is 54.7 Å². The quantitative estimate of drug-likeness (QED) is 0.736. The molecule has 0 saturated heterocycles. The van der Waals surface area contributed by atoms with Crippen LogP contribution >= 0.6 is 0 Å². The molecule has 1 aromatic heterocycles. The van der Waals surface area contributed by atoms with Gasteiger partial charge in [0, 0.05) is 12.7 Å². The number of amides is 1. The van der Waals surface area contributed by atoms with E-state index in [9.17, 15) is 13.6 Å². The molecule has 28 heavy (non-hydrogen) atoms. The molecule has 0 unspecified atom stereocenters. The summed E-state index contributed by atoms with van der Waals surface area (Å²) < 4.78 is 34.7. The molecular weight excluding hydrogens is 364 g/mol. The minimum atomic E-state index is -1.16. The van der Waals surface area contributed by atoms with Crippen molar-refractivity contribution in [2.45, 2.75) is 19.1 Å². The van der Waals surface area contributed by atoms with Crippen LogP contribution in [0.4, 0.5) is 8.78 Å². The molecule has 0 fully saturated rings. The number of nitrogens with one attached hydrogen (secondary N) is 1. The number of benzene rings is 2. The lowest BCUT2D eigenvalue weighted by Crippen LogP contribution is -2.32. The Balaban J connectivity index is 1.46. The summed E-state index contributed by atoms with van der Waals surface area (Å²) in [6, 6.07) is 13.5. The lowest BCUT2D eigenvalue weighted by molar-refractivity contribution is 0.0383. The number of nitrogens with zero attached hydrogens (tertiary/aromatic N) is 2. The second-order valence-electron chi connectivity index (χ2n) is 6.64. The van der Waals surface area contributed by atoms with Gasteiger partial charge in [0.25, 0.3) is 5.91 Å². The van der Waals surface area contributed by atoms with Gasteiger partial charge in [0.1, 0.15) is 6.10 Å². The highest BCUT2D eigenvalue weighted by molar-refractivity contribution is 5.94. The molecule has 4 rings (SSSR count). The highest BCUT2D eigenvalue weighted by Crippen LogP contribution is 2.25. The number of hydrogen-bond acceptors (Lipinski definition) is 3. The van der Waals surface area contributed by atoms with Crippen molar-refractivity contribution in [2.75, 3.05) is 13.2 Å². The smallest absolute Gasteiger partial charge is 0.254 e. The number of ether oxygens (including phenoxy) is 1. The standard InChI is InChI=1S/C21H19F2N3O2/c22-17-8-4-7-16(19(17)23)21(27)24-11-18-20-15(9-10-28-18)13-26(25-20)12-14-5-2-1-3-6-14/h1-8,13,18H,9-12H2,(H,24,27)/t18-/m1/s1. The first-order chi connectivity index (χ1) is 13.6. The van der Waals surface area contributed by atoms with Gasteiger partial charge in [0.05, 0.1) is 24.4 Å².